The van der Waals surface area contributed by atoms with E-state index in [9.17, 15) is 13.2 Å². The van der Waals surface area contributed by atoms with E-state index < -0.39 is 10.0 Å². The Labute approximate surface area is 148 Å². The smallest absolute Gasteiger partial charge is 0.253 e. The summed E-state index contributed by atoms with van der Waals surface area (Å²) in [6.45, 7) is 0.472. The molecule has 2 aromatic rings. The molecule has 0 atom stereocenters. The van der Waals surface area contributed by atoms with Gasteiger partial charge in [-0.05, 0) is 40.2 Å². The number of nitrogens with zero attached hydrogens (tertiary/aromatic N) is 2. The van der Waals surface area contributed by atoms with Crippen LogP contribution in [0.25, 0.3) is 0 Å². The third-order valence-electron chi connectivity index (χ3n) is 3.22. The Balaban J connectivity index is 2.23. The fourth-order valence-electron chi connectivity index (χ4n) is 1.96. The Bertz CT molecular complexity index is 816. The Morgan fingerprint density at radius 1 is 1.22 bits per heavy atom. The molecular formula is C15H17BrN2O3S2. The predicted molar refractivity (Wildman–Crippen MR) is 95.1 cm³/mol. The standard InChI is InChI=1S/C15H17BrN2O3S2/c1-17(2)23(20,21)14-6-4-5-11(7-14)15(19)18(3)9-13-8-12(16)10-22-13/h4-8,10H,9H2,1-3H3. The number of carbonyl (C=O) groups is 1. The molecule has 0 bridgehead atoms. The Kier molecular flexibility index (Phi) is 5.61. The fourth-order valence-corrected chi connectivity index (χ4v) is 4.41. The van der Waals surface area contributed by atoms with Crippen LogP contribution < -0.4 is 0 Å². The van der Waals surface area contributed by atoms with E-state index in [-0.39, 0.29) is 10.8 Å². The number of hydrogen-bond donors (Lipinski definition) is 0. The molecule has 0 N–H and O–H groups in total. The lowest BCUT2D eigenvalue weighted by atomic mass is 10.2. The van der Waals surface area contributed by atoms with E-state index in [0.717, 1.165) is 13.7 Å². The van der Waals surface area contributed by atoms with E-state index >= 15 is 0 Å². The van der Waals surface area contributed by atoms with Crippen molar-refractivity contribution >= 4 is 43.2 Å². The monoisotopic (exact) mass is 416 g/mol. The molecule has 0 spiro atoms. The summed E-state index contributed by atoms with van der Waals surface area (Å²) in [4.78, 5) is 15.2. The van der Waals surface area contributed by atoms with Crippen LogP contribution in [0.2, 0.25) is 0 Å². The second-order valence-electron chi connectivity index (χ2n) is 5.21. The molecule has 0 saturated heterocycles. The highest BCUT2D eigenvalue weighted by atomic mass is 79.9. The van der Waals surface area contributed by atoms with Crippen molar-refractivity contribution in [3.05, 3.63) is 50.6 Å². The number of benzene rings is 1. The second-order valence-corrected chi connectivity index (χ2v) is 9.27. The minimum atomic E-state index is -3.56. The van der Waals surface area contributed by atoms with Crippen LogP contribution in [-0.4, -0.2) is 44.7 Å². The van der Waals surface area contributed by atoms with E-state index in [1.807, 2.05) is 11.4 Å². The number of halogens is 1. The van der Waals surface area contributed by atoms with Crippen LogP contribution in [0.1, 0.15) is 15.2 Å². The summed E-state index contributed by atoms with van der Waals surface area (Å²) in [5, 5.41) is 1.96. The van der Waals surface area contributed by atoms with Gasteiger partial charge in [0.25, 0.3) is 5.91 Å². The maximum atomic E-state index is 12.5. The van der Waals surface area contributed by atoms with Crippen LogP contribution in [0.4, 0.5) is 0 Å². The summed E-state index contributed by atoms with van der Waals surface area (Å²) >= 11 is 4.94. The van der Waals surface area contributed by atoms with Crippen LogP contribution in [0, 0.1) is 0 Å². The van der Waals surface area contributed by atoms with Crippen molar-refractivity contribution in [2.24, 2.45) is 0 Å². The van der Waals surface area contributed by atoms with Crippen molar-refractivity contribution in [3.63, 3.8) is 0 Å². The van der Waals surface area contributed by atoms with E-state index in [4.69, 9.17) is 0 Å². The number of carbonyl (C=O) groups excluding carboxylic acids is 1. The minimum Gasteiger partial charge on any atom is -0.337 e. The van der Waals surface area contributed by atoms with Crippen molar-refractivity contribution in [2.45, 2.75) is 11.4 Å². The molecule has 2 rings (SSSR count). The van der Waals surface area contributed by atoms with Crippen molar-refractivity contribution in [3.8, 4) is 0 Å². The molecule has 0 unspecified atom stereocenters. The molecule has 1 aromatic carbocycles. The van der Waals surface area contributed by atoms with Gasteiger partial charge in [0.15, 0.2) is 0 Å². The first kappa shape index (κ1) is 18.1. The number of thiophene rings is 1. The van der Waals surface area contributed by atoms with Gasteiger partial charge in [-0.15, -0.1) is 11.3 Å². The van der Waals surface area contributed by atoms with Gasteiger partial charge in [0.05, 0.1) is 11.4 Å². The van der Waals surface area contributed by atoms with E-state index in [1.54, 1.807) is 35.4 Å². The molecule has 0 aliphatic rings. The van der Waals surface area contributed by atoms with Crippen LogP contribution in [-0.2, 0) is 16.6 Å². The fraction of sp³-hybridized carbons (Fsp3) is 0.267. The number of hydrogen-bond acceptors (Lipinski definition) is 4. The zero-order chi connectivity index (χ0) is 17.2. The molecule has 0 aliphatic heterocycles. The lowest BCUT2D eigenvalue weighted by molar-refractivity contribution is 0.0786. The van der Waals surface area contributed by atoms with Gasteiger partial charge in [0.1, 0.15) is 0 Å². The summed E-state index contributed by atoms with van der Waals surface area (Å²) in [6.07, 6.45) is 0. The van der Waals surface area contributed by atoms with Gasteiger partial charge in [-0.2, -0.15) is 0 Å². The molecule has 1 aromatic heterocycles. The Morgan fingerprint density at radius 3 is 2.48 bits per heavy atom. The predicted octanol–water partition coefficient (Wildman–Crippen LogP) is 3.03. The maximum absolute atomic E-state index is 12.5. The zero-order valence-electron chi connectivity index (χ0n) is 13.0. The van der Waals surface area contributed by atoms with Crippen LogP contribution in [0.3, 0.4) is 0 Å². The van der Waals surface area contributed by atoms with E-state index in [0.29, 0.717) is 12.1 Å². The van der Waals surface area contributed by atoms with Gasteiger partial charge in [-0.3, -0.25) is 4.79 Å². The summed E-state index contributed by atoms with van der Waals surface area (Å²) < 4.78 is 26.4. The van der Waals surface area contributed by atoms with Gasteiger partial charge >= 0.3 is 0 Å². The topological polar surface area (TPSA) is 57.7 Å². The summed E-state index contributed by atoms with van der Waals surface area (Å²) in [5.41, 5.74) is 0.353. The lowest BCUT2D eigenvalue weighted by Gasteiger charge is -2.17. The first-order valence-corrected chi connectivity index (χ1v) is 9.84. The van der Waals surface area contributed by atoms with Gasteiger partial charge in [0.2, 0.25) is 10.0 Å². The van der Waals surface area contributed by atoms with Gasteiger partial charge in [-0.25, -0.2) is 12.7 Å². The SMILES string of the molecule is CN(Cc1cc(Br)cs1)C(=O)c1cccc(S(=O)(=O)N(C)C)c1. The third kappa shape index (κ3) is 4.20. The average molecular weight is 417 g/mol. The quantitative estimate of drug-likeness (QED) is 0.752. The largest absolute Gasteiger partial charge is 0.337 e. The molecule has 0 saturated carbocycles. The molecule has 23 heavy (non-hydrogen) atoms. The summed E-state index contributed by atoms with van der Waals surface area (Å²) in [6, 6.07) is 8.07. The molecule has 1 heterocycles. The molecule has 5 nitrogen and oxygen atoms in total. The van der Waals surface area contributed by atoms with Crippen molar-refractivity contribution in [2.75, 3.05) is 21.1 Å². The van der Waals surface area contributed by atoms with Crippen molar-refractivity contribution in [1.29, 1.82) is 0 Å². The Morgan fingerprint density at radius 2 is 1.91 bits per heavy atom. The first-order valence-electron chi connectivity index (χ1n) is 6.73. The number of rotatable bonds is 5. The molecule has 8 heteroatoms. The van der Waals surface area contributed by atoms with Crippen LogP contribution >= 0.6 is 27.3 Å². The molecular weight excluding hydrogens is 400 g/mol. The highest BCUT2D eigenvalue weighted by Crippen LogP contribution is 2.22. The maximum Gasteiger partial charge on any atom is 0.253 e. The highest BCUT2D eigenvalue weighted by Gasteiger charge is 2.20. The van der Waals surface area contributed by atoms with E-state index in [2.05, 4.69) is 15.9 Å². The summed E-state index contributed by atoms with van der Waals surface area (Å²) in [5.74, 6) is -0.217. The number of sulfonamides is 1. The average Bonchev–Trinajstić information content (AvgIpc) is 2.91. The third-order valence-corrected chi connectivity index (χ3v) is 6.71. The minimum absolute atomic E-state index is 0.112. The normalized spacial score (nSPS) is 11.7. The zero-order valence-corrected chi connectivity index (χ0v) is 16.2. The second kappa shape index (κ2) is 7.12. The highest BCUT2D eigenvalue weighted by molar-refractivity contribution is 9.10. The van der Waals surface area contributed by atoms with Crippen molar-refractivity contribution < 1.29 is 13.2 Å². The van der Waals surface area contributed by atoms with Crippen LogP contribution in [0.15, 0.2) is 45.1 Å². The number of amides is 1. The van der Waals surface area contributed by atoms with Crippen molar-refractivity contribution in [1.82, 2.24) is 9.21 Å². The molecule has 0 radical (unpaired) electrons. The van der Waals surface area contributed by atoms with E-state index in [1.165, 1.54) is 26.2 Å². The lowest BCUT2D eigenvalue weighted by Crippen LogP contribution is -2.27. The van der Waals surface area contributed by atoms with Crippen LogP contribution in [0.5, 0.6) is 0 Å². The molecule has 1 amide bonds. The first-order chi connectivity index (χ1) is 10.7. The Hall–Kier alpha value is -1.22. The van der Waals surface area contributed by atoms with Gasteiger partial charge in [-0.1, -0.05) is 6.07 Å². The summed E-state index contributed by atoms with van der Waals surface area (Å²) in [7, 11) is 1.07. The van der Waals surface area contributed by atoms with Gasteiger partial charge in [0, 0.05) is 41.4 Å². The molecule has 124 valence electrons. The van der Waals surface area contributed by atoms with Gasteiger partial charge < -0.3 is 4.90 Å². The molecule has 0 fully saturated rings. The molecule has 0 aliphatic carbocycles.